The molecule has 6 nitrogen and oxygen atoms in total. The number of amides is 1. The van der Waals surface area contributed by atoms with Crippen molar-refractivity contribution in [1.82, 2.24) is 9.55 Å². The molecule has 8 heteroatoms. The molecule has 1 amide bonds. The lowest BCUT2D eigenvalue weighted by molar-refractivity contribution is -0.113. The minimum absolute atomic E-state index is 0.0408. The SMILES string of the molecule is Cc1c(C#N)c(NC(=O)CSc2cc(C#N)ccn2)n(-c2cccc(F)c2)c1C. The molecule has 0 spiro atoms. The number of pyridine rings is 1. The predicted octanol–water partition coefficient (Wildman–Crippen LogP) is 4.10. The summed E-state index contributed by atoms with van der Waals surface area (Å²) in [6.07, 6.45) is 1.51. The lowest BCUT2D eigenvalue weighted by Crippen LogP contribution is -2.18. The van der Waals surface area contributed by atoms with Crippen molar-refractivity contribution in [3.05, 3.63) is 70.8 Å². The van der Waals surface area contributed by atoms with Gasteiger partial charge in [-0.1, -0.05) is 17.8 Å². The molecule has 0 aliphatic carbocycles. The van der Waals surface area contributed by atoms with Crippen LogP contribution in [0.5, 0.6) is 0 Å². The van der Waals surface area contributed by atoms with E-state index in [0.717, 1.165) is 5.69 Å². The third kappa shape index (κ3) is 4.29. The van der Waals surface area contributed by atoms with E-state index in [2.05, 4.69) is 16.4 Å². The first kappa shape index (κ1) is 20.1. The van der Waals surface area contributed by atoms with Crippen LogP contribution in [0.15, 0.2) is 47.6 Å². The maximum atomic E-state index is 13.7. The fourth-order valence-corrected chi connectivity index (χ4v) is 3.56. The molecule has 1 aromatic carbocycles. The van der Waals surface area contributed by atoms with Gasteiger partial charge in [0.25, 0.3) is 0 Å². The van der Waals surface area contributed by atoms with Crippen LogP contribution in [0.3, 0.4) is 0 Å². The molecule has 2 aromatic heterocycles. The molecular formula is C21H16FN5OS. The van der Waals surface area contributed by atoms with Crippen molar-refractivity contribution in [2.24, 2.45) is 0 Å². The molecule has 0 radical (unpaired) electrons. The standard InChI is InChI=1S/C21H16FN5OS/c1-13-14(2)27(17-5-3-4-16(22)9-17)21(18(13)11-24)26-19(28)12-29-20-8-15(10-23)6-7-25-20/h3-9H,12H2,1-2H3,(H,26,28). The van der Waals surface area contributed by atoms with Crippen LogP contribution in [-0.2, 0) is 4.79 Å². The number of hydrogen-bond donors (Lipinski definition) is 1. The van der Waals surface area contributed by atoms with Gasteiger partial charge < -0.3 is 5.32 Å². The van der Waals surface area contributed by atoms with E-state index in [1.165, 1.54) is 30.1 Å². The van der Waals surface area contributed by atoms with Crippen LogP contribution in [0.25, 0.3) is 5.69 Å². The fourth-order valence-electron chi connectivity index (χ4n) is 2.86. The highest BCUT2D eigenvalue weighted by molar-refractivity contribution is 7.99. The highest BCUT2D eigenvalue weighted by atomic mass is 32.2. The minimum atomic E-state index is -0.414. The molecule has 29 heavy (non-hydrogen) atoms. The second kappa shape index (κ2) is 8.59. The van der Waals surface area contributed by atoms with Gasteiger partial charge in [0.05, 0.1) is 33.7 Å². The number of benzene rings is 1. The lowest BCUT2D eigenvalue weighted by atomic mass is 10.2. The number of carbonyl (C=O) groups excluding carboxylic acids is 1. The van der Waals surface area contributed by atoms with Crippen molar-refractivity contribution < 1.29 is 9.18 Å². The molecule has 1 N–H and O–H groups in total. The number of rotatable bonds is 5. The monoisotopic (exact) mass is 405 g/mol. The van der Waals surface area contributed by atoms with E-state index in [9.17, 15) is 14.4 Å². The summed E-state index contributed by atoms with van der Waals surface area (Å²) in [4.78, 5) is 16.7. The number of thioether (sulfide) groups is 1. The summed E-state index contributed by atoms with van der Waals surface area (Å²) in [7, 11) is 0. The van der Waals surface area contributed by atoms with E-state index < -0.39 is 5.82 Å². The zero-order chi connectivity index (χ0) is 21.0. The smallest absolute Gasteiger partial charge is 0.235 e. The van der Waals surface area contributed by atoms with Crippen molar-refractivity contribution in [3.63, 3.8) is 0 Å². The Labute approximate surface area is 171 Å². The van der Waals surface area contributed by atoms with Gasteiger partial charge in [-0.2, -0.15) is 10.5 Å². The van der Waals surface area contributed by atoms with Crippen LogP contribution in [0.2, 0.25) is 0 Å². The molecule has 0 unspecified atom stereocenters. The Balaban J connectivity index is 1.88. The molecule has 3 rings (SSSR count). The summed E-state index contributed by atoms with van der Waals surface area (Å²) < 4.78 is 15.4. The van der Waals surface area contributed by atoms with E-state index >= 15 is 0 Å². The van der Waals surface area contributed by atoms with E-state index in [-0.39, 0.29) is 11.7 Å². The maximum absolute atomic E-state index is 13.7. The van der Waals surface area contributed by atoms with Crippen molar-refractivity contribution in [2.75, 3.05) is 11.1 Å². The zero-order valence-corrected chi connectivity index (χ0v) is 16.5. The Morgan fingerprint density at radius 3 is 2.72 bits per heavy atom. The molecule has 3 aromatic rings. The molecule has 0 saturated carbocycles. The fraction of sp³-hybridized carbons (Fsp3) is 0.143. The molecule has 0 fully saturated rings. The largest absolute Gasteiger partial charge is 0.310 e. The third-order valence-electron chi connectivity index (χ3n) is 4.36. The summed E-state index contributed by atoms with van der Waals surface area (Å²) in [5.41, 5.74) is 2.75. The van der Waals surface area contributed by atoms with Crippen LogP contribution < -0.4 is 5.32 Å². The van der Waals surface area contributed by atoms with Gasteiger partial charge in [0, 0.05) is 11.9 Å². The Morgan fingerprint density at radius 2 is 2.03 bits per heavy atom. The Morgan fingerprint density at radius 1 is 1.24 bits per heavy atom. The highest BCUT2D eigenvalue weighted by Crippen LogP contribution is 2.30. The van der Waals surface area contributed by atoms with E-state index in [1.807, 2.05) is 13.0 Å². The second-order valence-electron chi connectivity index (χ2n) is 6.19. The van der Waals surface area contributed by atoms with Gasteiger partial charge in [0.1, 0.15) is 17.7 Å². The number of nitriles is 2. The van der Waals surface area contributed by atoms with E-state index in [1.54, 1.807) is 35.8 Å². The molecule has 2 heterocycles. The van der Waals surface area contributed by atoms with Crippen molar-refractivity contribution >= 4 is 23.5 Å². The number of nitrogens with one attached hydrogen (secondary N) is 1. The molecule has 0 aliphatic heterocycles. The van der Waals surface area contributed by atoms with Gasteiger partial charge in [-0.05, 0) is 49.7 Å². The van der Waals surface area contributed by atoms with Gasteiger partial charge >= 0.3 is 0 Å². The van der Waals surface area contributed by atoms with E-state index in [4.69, 9.17) is 5.26 Å². The summed E-state index contributed by atoms with van der Waals surface area (Å²) >= 11 is 1.18. The minimum Gasteiger partial charge on any atom is -0.310 e. The quantitative estimate of drug-likeness (QED) is 0.645. The van der Waals surface area contributed by atoms with Gasteiger partial charge in [-0.15, -0.1) is 0 Å². The van der Waals surface area contributed by atoms with Crippen LogP contribution in [0.4, 0.5) is 10.2 Å². The molecule has 0 saturated heterocycles. The zero-order valence-electron chi connectivity index (χ0n) is 15.7. The Bertz CT molecular complexity index is 1170. The van der Waals surface area contributed by atoms with Crippen LogP contribution in [0, 0.1) is 42.3 Å². The summed E-state index contributed by atoms with van der Waals surface area (Å²) in [5, 5.41) is 21.9. The average Bonchev–Trinajstić information content (AvgIpc) is 2.95. The number of carbonyl (C=O) groups is 1. The van der Waals surface area contributed by atoms with Gasteiger partial charge in [0.2, 0.25) is 5.91 Å². The Kier molecular flexibility index (Phi) is 5.96. The number of nitrogens with zero attached hydrogens (tertiary/aromatic N) is 4. The van der Waals surface area contributed by atoms with Crippen LogP contribution >= 0.6 is 11.8 Å². The summed E-state index contributed by atoms with van der Waals surface area (Å²) in [6, 6.07) is 13.3. The van der Waals surface area contributed by atoms with Gasteiger partial charge in [-0.25, -0.2) is 9.37 Å². The second-order valence-corrected chi connectivity index (χ2v) is 7.19. The predicted molar refractivity (Wildman–Crippen MR) is 108 cm³/mol. The molecule has 0 bridgehead atoms. The molecule has 144 valence electrons. The van der Waals surface area contributed by atoms with Crippen LogP contribution in [-0.4, -0.2) is 21.2 Å². The van der Waals surface area contributed by atoms with Crippen LogP contribution in [0.1, 0.15) is 22.4 Å². The van der Waals surface area contributed by atoms with Crippen molar-refractivity contribution in [2.45, 2.75) is 18.9 Å². The number of halogens is 1. The van der Waals surface area contributed by atoms with E-state index in [0.29, 0.717) is 33.2 Å². The molecular weight excluding hydrogens is 389 g/mol. The first-order valence-electron chi connectivity index (χ1n) is 8.61. The lowest BCUT2D eigenvalue weighted by Gasteiger charge is -2.13. The van der Waals surface area contributed by atoms with Crippen molar-refractivity contribution in [3.8, 4) is 17.8 Å². The average molecular weight is 405 g/mol. The first-order chi connectivity index (χ1) is 13.9. The first-order valence-corrected chi connectivity index (χ1v) is 9.60. The van der Waals surface area contributed by atoms with Gasteiger partial charge in [0.15, 0.2) is 0 Å². The van der Waals surface area contributed by atoms with Gasteiger partial charge in [-0.3, -0.25) is 9.36 Å². The third-order valence-corrected chi connectivity index (χ3v) is 5.29. The van der Waals surface area contributed by atoms with Crippen molar-refractivity contribution in [1.29, 1.82) is 10.5 Å². The topological polar surface area (TPSA) is 94.5 Å². The normalized spacial score (nSPS) is 10.2. The number of hydrogen-bond acceptors (Lipinski definition) is 5. The Hall–Kier alpha value is -3.62. The summed E-state index contributed by atoms with van der Waals surface area (Å²) in [6.45, 7) is 3.59. The summed E-state index contributed by atoms with van der Waals surface area (Å²) in [5.74, 6) is -0.412. The molecule has 0 aliphatic rings. The highest BCUT2D eigenvalue weighted by Gasteiger charge is 2.21. The maximum Gasteiger partial charge on any atom is 0.235 e. The molecule has 0 atom stereocenters. The number of aromatic nitrogens is 2. The number of anilines is 1.